The highest BCUT2D eigenvalue weighted by molar-refractivity contribution is 4.82. The van der Waals surface area contributed by atoms with Crippen LogP contribution in [0.1, 0.15) is 12.7 Å². The van der Waals surface area contributed by atoms with Gasteiger partial charge in [-0.25, -0.2) is 0 Å². The minimum absolute atomic E-state index is 0.799. The first kappa shape index (κ1) is 7.21. The summed E-state index contributed by atoms with van der Waals surface area (Å²) in [5.41, 5.74) is 0. The van der Waals surface area contributed by atoms with E-state index in [2.05, 4.69) is 22.4 Å². The van der Waals surface area contributed by atoms with E-state index >= 15 is 0 Å². The largest absolute Gasteiger partial charge is 0.320 e. The van der Waals surface area contributed by atoms with E-state index in [1.807, 2.05) is 11.6 Å². The SMILES string of the molecule is CCNCc1nncn1C. The molecule has 0 atom stereocenters. The van der Waals surface area contributed by atoms with Gasteiger partial charge in [-0.05, 0) is 6.54 Å². The highest BCUT2D eigenvalue weighted by Gasteiger charge is 1.96. The standard InChI is InChI=1S/C6H12N4/c1-3-7-4-6-9-8-5-10(6)2/h5,7H,3-4H2,1-2H3. The van der Waals surface area contributed by atoms with Gasteiger partial charge in [0, 0.05) is 7.05 Å². The number of rotatable bonds is 3. The summed E-state index contributed by atoms with van der Waals surface area (Å²) in [5, 5.41) is 10.8. The molecular formula is C6H12N4. The molecule has 0 aliphatic rings. The fraction of sp³-hybridized carbons (Fsp3) is 0.667. The van der Waals surface area contributed by atoms with Gasteiger partial charge in [-0.3, -0.25) is 0 Å². The predicted molar refractivity (Wildman–Crippen MR) is 38.4 cm³/mol. The van der Waals surface area contributed by atoms with Gasteiger partial charge < -0.3 is 9.88 Å². The normalized spacial score (nSPS) is 10.2. The summed E-state index contributed by atoms with van der Waals surface area (Å²) in [6.07, 6.45) is 1.70. The van der Waals surface area contributed by atoms with Crippen molar-refractivity contribution in [3.8, 4) is 0 Å². The summed E-state index contributed by atoms with van der Waals surface area (Å²) < 4.78 is 1.91. The molecule has 0 spiro atoms. The van der Waals surface area contributed by atoms with Crippen LogP contribution in [-0.2, 0) is 13.6 Å². The molecular weight excluding hydrogens is 128 g/mol. The van der Waals surface area contributed by atoms with Crippen LogP contribution in [-0.4, -0.2) is 21.3 Å². The van der Waals surface area contributed by atoms with Crippen LogP contribution in [0, 0.1) is 0 Å². The second-order valence-corrected chi connectivity index (χ2v) is 2.14. The van der Waals surface area contributed by atoms with Crippen molar-refractivity contribution in [2.45, 2.75) is 13.5 Å². The van der Waals surface area contributed by atoms with Crippen molar-refractivity contribution < 1.29 is 0 Å². The molecule has 1 heterocycles. The highest BCUT2D eigenvalue weighted by Crippen LogP contribution is 1.88. The van der Waals surface area contributed by atoms with Gasteiger partial charge in [0.25, 0.3) is 0 Å². The Bertz CT molecular complexity index is 193. The first-order chi connectivity index (χ1) is 4.84. The van der Waals surface area contributed by atoms with Crippen LogP contribution in [0.25, 0.3) is 0 Å². The van der Waals surface area contributed by atoms with E-state index in [1.54, 1.807) is 6.33 Å². The number of hydrogen-bond acceptors (Lipinski definition) is 3. The highest BCUT2D eigenvalue weighted by atomic mass is 15.3. The van der Waals surface area contributed by atoms with Crippen molar-refractivity contribution in [2.75, 3.05) is 6.54 Å². The van der Waals surface area contributed by atoms with Gasteiger partial charge in [-0.2, -0.15) is 0 Å². The fourth-order valence-corrected chi connectivity index (χ4v) is 0.704. The van der Waals surface area contributed by atoms with Crippen molar-refractivity contribution in [3.63, 3.8) is 0 Å². The summed E-state index contributed by atoms with van der Waals surface area (Å²) in [4.78, 5) is 0. The molecule has 1 aromatic rings. The van der Waals surface area contributed by atoms with Crippen LogP contribution in [0.5, 0.6) is 0 Å². The zero-order valence-electron chi connectivity index (χ0n) is 6.33. The van der Waals surface area contributed by atoms with E-state index < -0.39 is 0 Å². The third kappa shape index (κ3) is 1.54. The predicted octanol–water partition coefficient (Wildman–Crippen LogP) is -0.0754. The Hall–Kier alpha value is -0.900. The molecule has 4 nitrogen and oxygen atoms in total. The van der Waals surface area contributed by atoms with Crippen LogP contribution in [0.2, 0.25) is 0 Å². The molecule has 1 N–H and O–H groups in total. The number of nitrogens with one attached hydrogen (secondary N) is 1. The van der Waals surface area contributed by atoms with Gasteiger partial charge in [0.15, 0.2) is 0 Å². The lowest BCUT2D eigenvalue weighted by Crippen LogP contribution is -2.14. The van der Waals surface area contributed by atoms with Gasteiger partial charge in [0.1, 0.15) is 12.2 Å². The smallest absolute Gasteiger partial charge is 0.146 e. The summed E-state index contributed by atoms with van der Waals surface area (Å²) in [6, 6.07) is 0. The summed E-state index contributed by atoms with van der Waals surface area (Å²) in [6.45, 7) is 3.83. The monoisotopic (exact) mass is 140 g/mol. The first-order valence-corrected chi connectivity index (χ1v) is 3.38. The zero-order chi connectivity index (χ0) is 7.40. The van der Waals surface area contributed by atoms with E-state index in [9.17, 15) is 0 Å². The Labute approximate surface area is 60.3 Å². The number of aromatic nitrogens is 3. The summed E-state index contributed by atoms with van der Waals surface area (Å²) in [7, 11) is 1.94. The number of nitrogens with zero attached hydrogens (tertiary/aromatic N) is 3. The molecule has 1 rings (SSSR count). The van der Waals surface area contributed by atoms with Crippen molar-refractivity contribution in [1.29, 1.82) is 0 Å². The summed E-state index contributed by atoms with van der Waals surface area (Å²) >= 11 is 0. The van der Waals surface area contributed by atoms with Crippen molar-refractivity contribution in [3.05, 3.63) is 12.2 Å². The van der Waals surface area contributed by atoms with Gasteiger partial charge in [0.05, 0.1) is 6.54 Å². The number of hydrogen-bond donors (Lipinski definition) is 1. The maximum Gasteiger partial charge on any atom is 0.146 e. The molecule has 56 valence electrons. The third-order valence-electron chi connectivity index (χ3n) is 1.34. The Kier molecular flexibility index (Phi) is 2.39. The van der Waals surface area contributed by atoms with E-state index in [-0.39, 0.29) is 0 Å². The van der Waals surface area contributed by atoms with Crippen LogP contribution in [0.15, 0.2) is 6.33 Å². The number of aryl methyl sites for hydroxylation is 1. The van der Waals surface area contributed by atoms with Crippen LogP contribution in [0.4, 0.5) is 0 Å². The van der Waals surface area contributed by atoms with Gasteiger partial charge in [-0.15, -0.1) is 10.2 Å². The first-order valence-electron chi connectivity index (χ1n) is 3.38. The van der Waals surface area contributed by atoms with E-state index in [4.69, 9.17) is 0 Å². The zero-order valence-corrected chi connectivity index (χ0v) is 6.33. The van der Waals surface area contributed by atoms with Crippen LogP contribution in [0.3, 0.4) is 0 Å². The second kappa shape index (κ2) is 3.31. The molecule has 0 bridgehead atoms. The van der Waals surface area contributed by atoms with Gasteiger partial charge in [0.2, 0.25) is 0 Å². The second-order valence-electron chi connectivity index (χ2n) is 2.14. The van der Waals surface area contributed by atoms with E-state index in [0.29, 0.717) is 0 Å². The fourth-order valence-electron chi connectivity index (χ4n) is 0.704. The Morgan fingerprint density at radius 3 is 3.00 bits per heavy atom. The molecule has 4 heteroatoms. The van der Waals surface area contributed by atoms with E-state index in [1.165, 1.54) is 0 Å². The Morgan fingerprint density at radius 2 is 2.50 bits per heavy atom. The van der Waals surface area contributed by atoms with Crippen molar-refractivity contribution >= 4 is 0 Å². The third-order valence-corrected chi connectivity index (χ3v) is 1.34. The molecule has 0 amide bonds. The molecule has 0 saturated heterocycles. The van der Waals surface area contributed by atoms with Gasteiger partial charge >= 0.3 is 0 Å². The molecule has 0 unspecified atom stereocenters. The van der Waals surface area contributed by atoms with Crippen LogP contribution < -0.4 is 5.32 Å². The molecule has 0 radical (unpaired) electrons. The maximum atomic E-state index is 3.90. The van der Waals surface area contributed by atoms with Gasteiger partial charge in [-0.1, -0.05) is 6.92 Å². The molecule has 0 aliphatic heterocycles. The quantitative estimate of drug-likeness (QED) is 0.638. The van der Waals surface area contributed by atoms with Crippen molar-refractivity contribution in [2.24, 2.45) is 7.05 Å². The Balaban J connectivity index is 2.49. The lowest BCUT2D eigenvalue weighted by Gasteiger charge is -1.98. The maximum absolute atomic E-state index is 3.90. The molecule has 0 aromatic carbocycles. The van der Waals surface area contributed by atoms with E-state index in [0.717, 1.165) is 18.9 Å². The average Bonchev–Trinajstić information content (AvgIpc) is 2.31. The Morgan fingerprint density at radius 1 is 1.70 bits per heavy atom. The van der Waals surface area contributed by atoms with Crippen molar-refractivity contribution in [1.82, 2.24) is 20.1 Å². The lowest BCUT2D eigenvalue weighted by atomic mass is 10.5. The average molecular weight is 140 g/mol. The minimum atomic E-state index is 0.799. The molecule has 0 fully saturated rings. The minimum Gasteiger partial charge on any atom is -0.320 e. The lowest BCUT2D eigenvalue weighted by molar-refractivity contribution is 0.659. The topological polar surface area (TPSA) is 42.7 Å². The molecule has 0 aliphatic carbocycles. The summed E-state index contributed by atoms with van der Waals surface area (Å²) in [5.74, 6) is 0.974. The molecule has 0 saturated carbocycles. The van der Waals surface area contributed by atoms with Crippen LogP contribution >= 0.6 is 0 Å². The molecule has 10 heavy (non-hydrogen) atoms. The molecule has 1 aromatic heterocycles.